The highest BCUT2D eigenvalue weighted by Gasteiger charge is 2.35. The lowest BCUT2D eigenvalue weighted by atomic mass is 9.95. The van der Waals surface area contributed by atoms with E-state index in [1.807, 2.05) is 13.8 Å². The predicted octanol–water partition coefficient (Wildman–Crippen LogP) is 7.41. The van der Waals surface area contributed by atoms with E-state index in [9.17, 15) is 18.0 Å². The molecule has 11 heteroatoms. The van der Waals surface area contributed by atoms with Gasteiger partial charge in [-0.25, -0.2) is 8.42 Å². The average Bonchev–Trinajstić information content (AvgIpc) is 2.98. The van der Waals surface area contributed by atoms with Gasteiger partial charge in [-0.1, -0.05) is 96.9 Å². The standard InChI is InChI=1S/C32H36Cl3N3O4S/c1-3-30(32(40)36-24-10-5-4-6-11-24)37(20-23-9-7-8-12-27(23)33)31(39)21-38(25-15-18-28(34)29(35)19-25)43(41,42)26-16-13-22(2)14-17-26/h7-9,12-19,24,30H,3-6,10-11,20-21H2,1-2H3,(H,36,40)/t30-/m0/s1. The molecule has 1 fully saturated rings. The van der Waals surface area contributed by atoms with Crippen molar-refractivity contribution in [3.05, 3.63) is 92.9 Å². The molecule has 4 rings (SSSR count). The molecule has 0 unspecified atom stereocenters. The Labute approximate surface area is 269 Å². The molecule has 0 radical (unpaired) electrons. The zero-order chi connectivity index (χ0) is 31.1. The van der Waals surface area contributed by atoms with Crippen molar-refractivity contribution in [2.24, 2.45) is 0 Å². The Kier molecular flexibility index (Phi) is 11.4. The van der Waals surface area contributed by atoms with Gasteiger partial charge in [0.25, 0.3) is 10.0 Å². The van der Waals surface area contributed by atoms with E-state index >= 15 is 0 Å². The van der Waals surface area contributed by atoms with Crippen molar-refractivity contribution >= 4 is 62.3 Å². The Hall–Kier alpha value is -2.78. The van der Waals surface area contributed by atoms with E-state index in [2.05, 4.69) is 5.32 Å². The number of anilines is 1. The number of hydrogen-bond acceptors (Lipinski definition) is 4. The summed E-state index contributed by atoms with van der Waals surface area (Å²) in [6, 6.07) is 17.0. The number of carbonyl (C=O) groups is 2. The number of nitrogens with zero attached hydrogens (tertiary/aromatic N) is 2. The SMILES string of the molecule is CC[C@@H](C(=O)NC1CCCCC1)N(Cc1ccccc1Cl)C(=O)CN(c1ccc(Cl)c(Cl)c1)S(=O)(=O)c1ccc(C)cc1. The van der Waals surface area contributed by atoms with Crippen LogP contribution in [-0.4, -0.2) is 43.8 Å². The third-order valence-corrected chi connectivity index (χ3v) is 10.6. The normalized spacial score (nSPS) is 14.6. The van der Waals surface area contributed by atoms with Crippen molar-refractivity contribution in [1.29, 1.82) is 0 Å². The van der Waals surface area contributed by atoms with Gasteiger partial charge >= 0.3 is 0 Å². The molecule has 0 saturated heterocycles. The lowest BCUT2D eigenvalue weighted by molar-refractivity contribution is -0.140. The van der Waals surface area contributed by atoms with Crippen LogP contribution in [-0.2, 0) is 26.2 Å². The van der Waals surface area contributed by atoms with E-state index in [-0.39, 0.29) is 39.1 Å². The van der Waals surface area contributed by atoms with Crippen LogP contribution in [0.2, 0.25) is 15.1 Å². The van der Waals surface area contributed by atoms with E-state index in [0.717, 1.165) is 42.0 Å². The molecular weight excluding hydrogens is 629 g/mol. The van der Waals surface area contributed by atoms with Crippen molar-refractivity contribution in [3.8, 4) is 0 Å². The molecule has 1 aliphatic rings. The molecule has 0 heterocycles. The minimum absolute atomic E-state index is 0.0108. The average molecular weight is 665 g/mol. The van der Waals surface area contributed by atoms with Gasteiger partial charge in [0.15, 0.2) is 0 Å². The molecule has 1 N–H and O–H groups in total. The van der Waals surface area contributed by atoms with Crippen molar-refractivity contribution in [2.75, 3.05) is 10.8 Å². The Morgan fingerprint density at radius 2 is 1.58 bits per heavy atom. The molecule has 1 atom stereocenters. The summed E-state index contributed by atoms with van der Waals surface area (Å²) in [6.07, 6.45) is 5.33. The van der Waals surface area contributed by atoms with Gasteiger partial charge in [0.2, 0.25) is 11.8 Å². The van der Waals surface area contributed by atoms with E-state index in [1.165, 1.54) is 35.2 Å². The van der Waals surface area contributed by atoms with Crippen LogP contribution in [0.4, 0.5) is 5.69 Å². The molecule has 0 spiro atoms. The Morgan fingerprint density at radius 3 is 2.21 bits per heavy atom. The van der Waals surface area contributed by atoms with Crippen molar-refractivity contribution in [1.82, 2.24) is 10.2 Å². The first-order valence-electron chi connectivity index (χ1n) is 14.4. The molecule has 2 amide bonds. The molecule has 3 aromatic rings. The second-order valence-electron chi connectivity index (χ2n) is 10.8. The summed E-state index contributed by atoms with van der Waals surface area (Å²) in [5.74, 6) is -0.829. The van der Waals surface area contributed by atoms with Crippen LogP contribution < -0.4 is 9.62 Å². The zero-order valence-electron chi connectivity index (χ0n) is 24.2. The summed E-state index contributed by atoms with van der Waals surface area (Å²) in [6.45, 7) is 3.13. The molecule has 0 bridgehead atoms. The predicted molar refractivity (Wildman–Crippen MR) is 173 cm³/mol. The lowest BCUT2D eigenvalue weighted by Crippen LogP contribution is -2.54. The highest BCUT2D eigenvalue weighted by atomic mass is 35.5. The van der Waals surface area contributed by atoms with Gasteiger partial charge in [0.1, 0.15) is 12.6 Å². The monoisotopic (exact) mass is 663 g/mol. The molecule has 43 heavy (non-hydrogen) atoms. The summed E-state index contributed by atoms with van der Waals surface area (Å²) in [5.41, 5.74) is 1.70. The molecule has 3 aromatic carbocycles. The third kappa shape index (κ3) is 8.24. The van der Waals surface area contributed by atoms with Gasteiger partial charge in [0.05, 0.1) is 20.6 Å². The van der Waals surface area contributed by atoms with Gasteiger partial charge < -0.3 is 10.2 Å². The van der Waals surface area contributed by atoms with Crippen LogP contribution in [0.1, 0.15) is 56.6 Å². The van der Waals surface area contributed by atoms with Gasteiger partial charge in [0, 0.05) is 17.6 Å². The number of halogens is 3. The largest absolute Gasteiger partial charge is 0.352 e. The van der Waals surface area contributed by atoms with Crippen LogP contribution in [0.3, 0.4) is 0 Å². The van der Waals surface area contributed by atoms with Crippen molar-refractivity contribution in [2.45, 2.75) is 75.9 Å². The first-order valence-corrected chi connectivity index (χ1v) is 17.0. The molecular formula is C32H36Cl3N3O4S. The minimum atomic E-state index is -4.23. The third-order valence-electron chi connectivity index (χ3n) is 7.72. The fourth-order valence-electron chi connectivity index (χ4n) is 5.28. The van der Waals surface area contributed by atoms with Crippen LogP contribution >= 0.6 is 34.8 Å². The number of benzene rings is 3. The second-order valence-corrected chi connectivity index (χ2v) is 13.9. The number of rotatable bonds is 11. The number of sulfonamides is 1. The van der Waals surface area contributed by atoms with Crippen LogP contribution in [0.5, 0.6) is 0 Å². The van der Waals surface area contributed by atoms with Gasteiger partial charge in [-0.15, -0.1) is 0 Å². The number of aryl methyl sites for hydroxylation is 1. The minimum Gasteiger partial charge on any atom is -0.352 e. The molecule has 1 aliphatic carbocycles. The highest BCUT2D eigenvalue weighted by molar-refractivity contribution is 7.92. The van der Waals surface area contributed by atoms with E-state index in [1.54, 1.807) is 36.4 Å². The van der Waals surface area contributed by atoms with Crippen molar-refractivity contribution in [3.63, 3.8) is 0 Å². The summed E-state index contributed by atoms with van der Waals surface area (Å²) in [4.78, 5) is 29.3. The number of hydrogen-bond donors (Lipinski definition) is 1. The zero-order valence-corrected chi connectivity index (χ0v) is 27.3. The van der Waals surface area contributed by atoms with Crippen molar-refractivity contribution < 1.29 is 18.0 Å². The quantitative estimate of drug-likeness (QED) is 0.231. The van der Waals surface area contributed by atoms with Gasteiger partial charge in [-0.2, -0.15) is 0 Å². The number of amides is 2. The maximum absolute atomic E-state index is 14.3. The topological polar surface area (TPSA) is 86.8 Å². The molecule has 230 valence electrons. The summed E-state index contributed by atoms with van der Waals surface area (Å²) < 4.78 is 29.1. The Bertz CT molecular complexity index is 1540. The fraction of sp³-hybridized carbons (Fsp3) is 0.375. The smallest absolute Gasteiger partial charge is 0.264 e. The van der Waals surface area contributed by atoms with Gasteiger partial charge in [-0.05, 0) is 68.1 Å². The van der Waals surface area contributed by atoms with E-state index in [0.29, 0.717) is 17.0 Å². The Balaban J connectivity index is 1.73. The number of nitrogens with one attached hydrogen (secondary N) is 1. The molecule has 0 aliphatic heterocycles. The second kappa shape index (κ2) is 14.8. The summed E-state index contributed by atoms with van der Waals surface area (Å²) >= 11 is 18.9. The summed E-state index contributed by atoms with van der Waals surface area (Å²) in [7, 11) is -4.23. The maximum Gasteiger partial charge on any atom is 0.264 e. The first-order chi connectivity index (χ1) is 20.5. The highest BCUT2D eigenvalue weighted by Crippen LogP contribution is 2.31. The molecule has 1 saturated carbocycles. The Morgan fingerprint density at radius 1 is 0.907 bits per heavy atom. The molecule has 0 aromatic heterocycles. The van der Waals surface area contributed by atoms with Crippen LogP contribution in [0.15, 0.2) is 71.6 Å². The van der Waals surface area contributed by atoms with Crippen LogP contribution in [0.25, 0.3) is 0 Å². The number of carbonyl (C=O) groups excluding carboxylic acids is 2. The van der Waals surface area contributed by atoms with E-state index in [4.69, 9.17) is 34.8 Å². The summed E-state index contributed by atoms with van der Waals surface area (Å²) in [5, 5.41) is 3.96. The van der Waals surface area contributed by atoms with E-state index < -0.39 is 28.5 Å². The molecule has 7 nitrogen and oxygen atoms in total. The maximum atomic E-state index is 14.3. The lowest BCUT2D eigenvalue weighted by Gasteiger charge is -2.34. The first kappa shape index (κ1) is 33.1. The fourth-order valence-corrected chi connectivity index (χ4v) is 7.17. The van der Waals surface area contributed by atoms with Gasteiger partial charge in [-0.3, -0.25) is 13.9 Å². The van der Waals surface area contributed by atoms with Crippen LogP contribution in [0, 0.1) is 6.92 Å².